The average molecular weight is 302 g/mol. The summed E-state index contributed by atoms with van der Waals surface area (Å²) >= 11 is 6.04. The first kappa shape index (κ1) is 13.3. The van der Waals surface area contributed by atoms with Crippen LogP contribution in [0.15, 0.2) is 52.9 Å². The molecule has 0 radical (unpaired) electrons. The van der Waals surface area contributed by atoms with Gasteiger partial charge >= 0.3 is 0 Å². The molecule has 0 saturated carbocycles. The zero-order valence-corrected chi connectivity index (χ0v) is 11.3. The van der Waals surface area contributed by atoms with Gasteiger partial charge in [0.25, 0.3) is 5.69 Å². The fourth-order valence-electron chi connectivity index (χ4n) is 1.82. The van der Waals surface area contributed by atoms with Crippen molar-refractivity contribution in [2.75, 3.05) is 0 Å². The third kappa shape index (κ3) is 2.61. The van der Waals surface area contributed by atoms with Crippen LogP contribution in [0.5, 0.6) is 0 Å². The lowest BCUT2D eigenvalue weighted by Gasteiger charge is -1.99. The van der Waals surface area contributed by atoms with Gasteiger partial charge in [0.1, 0.15) is 0 Å². The molecule has 6 nitrogen and oxygen atoms in total. The van der Waals surface area contributed by atoms with Crippen LogP contribution in [0, 0.1) is 10.1 Å². The standard InChI is InChI=1S/C14H8ClN3O3/c15-12-7-6-10(18(19)20)8-11(12)14-17-16-13(21-14)9-4-2-1-3-5-9/h1-8H. The number of halogens is 1. The van der Waals surface area contributed by atoms with E-state index in [0.29, 0.717) is 16.5 Å². The van der Waals surface area contributed by atoms with Crippen LogP contribution in [0.4, 0.5) is 5.69 Å². The fraction of sp³-hybridized carbons (Fsp3) is 0. The van der Waals surface area contributed by atoms with Crippen LogP contribution >= 0.6 is 11.6 Å². The van der Waals surface area contributed by atoms with Crippen LogP contribution in [-0.4, -0.2) is 15.1 Å². The molecular weight excluding hydrogens is 294 g/mol. The maximum absolute atomic E-state index is 10.8. The third-order valence-electron chi connectivity index (χ3n) is 2.84. The van der Waals surface area contributed by atoms with E-state index >= 15 is 0 Å². The molecule has 0 unspecified atom stereocenters. The Kier molecular flexibility index (Phi) is 3.37. The maximum atomic E-state index is 10.8. The molecular formula is C14H8ClN3O3. The van der Waals surface area contributed by atoms with Crippen molar-refractivity contribution < 1.29 is 9.34 Å². The monoisotopic (exact) mass is 301 g/mol. The minimum Gasteiger partial charge on any atom is -0.416 e. The minimum atomic E-state index is -0.506. The molecule has 0 bridgehead atoms. The van der Waals surface area contributed by atoms with Gasteiger partial charge < -0.3 is 4.42 Å². The van der Waals surface area contributed by atoms with Gasteiger partial charge in [-0.25, -0.2) is 0 Å². The third-order valence-corrected chi connectivity index (χ3v) is 3.17. The normalized spacial score (nSPS) is 10.5. The Labute approximate surface area is 124 Å². The molecule has 0 aliphatic carbocycles. The second kappa shape index (κ2) is 5.34. The number of hydrogen-bond acceptors (Lipinski definition) is 5. The van der Waals surface area contributed by atoms with Gasteiger partial charge in [-0.3, -0.25) is 10.1 Å². The fourth-order valence-corrected chi connectivity index (χ4v) is 2.02. The van der Waals surface area contributed by atoms with Crippen LogP contribution < -0.4 is 0 Å². The van der Waals surface area contributed by atoms with E-state index < -0.39 is 4.92 Å². The summed E-state index contributed by atoms with van der Waals surface area (Å²) in [5.41, 5.74) is 1.01. The van der Waals surface area contributed by atoms with Crippen LogP contribution in [0.2, 0.25) is 5.02 Å². The Bertz CT molecular complexity index is 802. The molecule has 0 aliphatic rings. The molecule has 0 amide bonds. The van der Waals surface area contributed by atoms with Crippen LogP contribution in [0.1, 0.15) is 0 Å². The highest BCUT2D eigenvalue weighted by molar-refractivity contribution is 6.33. The van der Waals surface area contributed by atoms with Gasteiger partial charge in [-0.05, 0) is 18.2 Å². The Morgan fingerprint density at radius 2 is 1.76 bits per heavy atom. The van der Waals surface area contributed by atoms with Crippen LogP contribution in [-0.2, 0) is 0 Å². The Hall–Kier alpha value is -2.73. The molecule has 0 atom stereocenters. The Morgan fingerprint density at radius 3 is 2.48 bits per heavy atom. The van der Waals surface area contributed by atoms with Crippen molar-refractivity contribution in [1.29, 1.82) is 0 Å². The number of hydrogen-bond donors (Lipinski definition) is 0. The Morgan fingerprint density at radius 1 is 1.05 bits per heavy atom. The van der Waals surface area contributed by atoms with Crippen molar-refractivity contribution in [3.63, 3.8) is 0 Å². The van der Waals surface area contributed by atoms with E-state index in [1.165, 1.54) is 18.2 Å². The van der Waals surface area contributed by atoms with Gasteiger partial charge in [0, 0.05) is 17.7 Å². The van der Waals surface area contributed by atoms with Crippen LogP contribution in [0.3, 0.4) is 0 Å². The molecule has 7 heteroatoms. The highest BCUT2D eigenvalue weighted by Gasteiger charge is 2.17. The molecule has 3 rings (SSSR count). The smallest absolute Gasteiger partial charge is 0.270 e. The SMILES string of the molecule is O=[N+]([O-])c1ccc(Cl)c(-c2nnc(-c3ccccc3)o2)c1. The molecule has 21 heavy (non-hydrogen) atoms. The van der Waals surface area contributed by atoms with Crippen molar-refractivity contribution in [3.05, 3.63) is 63.7 Å². The molecule has 0 fully saturated rings. The summed E-state index contributed by atoms with van der Waals surface area (Å²) in [6, 6.07) is 13.3. The second-order valence-corrected chi connectivity index (χ2v) is 4.61. The van der Waals surface area contributed by atoms with E-state index in [0.717, 1.165) is 5.56 Å². The van der Waals surface area contributed by atoms with Crippen molar-refractivity contribution in [3.8, 4) is 22.9 Å². The van der Waals surface area contributed by atoms with Gasteiger partial charge in [0.05, 0.1) is 15.5 Å². The van der Waals surface area contributed by atoms with E-state index in [9.17, 15) is 10.1 Å². The topological polar surface area (TPSA) is 82.1 Å². The summed E-state index contributed by atoms with van der Waals surface area (Å²) in [6.07, 6.45) is 0. The van der Waals surface area contributed by atoms with E-state index in [2.05, 4.69) is 10.2 Å². The molecule has 0 aliphatic heterocycles. The summed E-state index contributed by atoms with van der Waals surface area (Å²) in [4.78, 5) is 10.3. The number of rotatable bonds is 3. The number of nitro benzene ring substituents is 1. The van der Waals surface area contributed by atoms with Crippen LogP contribution in [0.25, 0.3) is 22.9 Å². The number of non-ortho nitro benzene ring substituents is 1. The molecule has 1 aromatic heterocycles. The number of nitrogens with zero attached hydrogens (tertiary/aromatic N) is 3. The number of benzene rings is 2. The Balaban J connectivity index is 2.04. The zero-order valence-electron chi connectivity index (χ0n) is 10.6. The average Bonchev–Trinajstić information content (AvgIpc) is 2.98. The number of nitro groups is 1. The van der Waals surface area contributed by atoms with Crippen molar-refractivity contribution in [1.82, 2.24) is 10.2 Å². The van der Waals surface area contributed by atoms with Gasteiger partial charge in [-0.15, -0.1) is 10.2 Å². The first-order valence-electron chi connectivity index (χ1n) is 5.98. The quantitative estimate of drug-likeness (QED) is 0.540. The lowest BCUT2D eigenvalue weighted by molar-refractivity contribution is -0.384. The lowest BCUT2D eigenvalue weighted by atomic mass is 10.2. The van der Waals surface area contributed by atoms with Crippen molar-refractivity contribution >= 4 is 17.3 Å². The van der Waals surface area contributed by atoms with E-state index in [1.54, 1.807) is 0 Å². The van der Waals surface area contributed by atoms with Crippen molar-refractivity contribution in [2.24, 2.45) is 0 Å². The summed E-state index contributed by atoms with van der Waals surface area (Å²) in [5, 5.41) is 19.0. The predicted octanol–water partition coefficient (Wildman–Crippen LogP) is 3.97. The second-order valence-electron chi connectivity index (χ2n) is 4.20. The largest absolute Gasteiger partial charge is 0.416 e. The molecule has 0 N–H and O–H groups in total. The summed E-state index contributed by atoms with van der Waals surface area (Å²) in [5.74, 6) is 0.468. The van der Waals surface area contributed by atoms with E-state index in [-0.39, 0.29) is 11.6 Å². The first-order valence-corrected chi connectivity index (χ1v) is 6.36. The summed E-state index contributed by atoms with van der Waals surface area (Å²) < 4.78 is 5.54. The van der Waals surface area contributed by atoms with E-state index in [1.807, 2.05) is 30.3 Å². The minimum absolute atomic E-state index is 0.0890. The summed E-state index contributed by atoms with van der Waals surface area (Å²) in [6.45, 7) is 0. The molecule has 104 valence electrons. The molecule has 0 spiro atoms. The lowest BCUT2D eigenvalue weighted by Crippen LogP contribution is -1.89. The zero-order chi connectivity index (χ0) is 14.8. The predicted molar refractivity (Wildman–Crippen MR) is 76.8 cm³/mol. The highest BCUT2D eigenvalue weighted by atomic mass is 35.5. The summed E-state index contributed by atoms with van der Waals surface area (Å²) in [7, 11) is 0. The molecule has 3 aromatic rings. The maximum Gasteiger partial charge on any atom is 0.270 e. The van der Waals surface area contributed by atoms with Gasteiger partial charge in [0.2, 0.25) is 11.8 Å². The van der Waals surface area contributed by atoms with Gasteiger partial charge in [-0.1, -0.05) is 29.8 Å². The van der Waals surface area contributed by atoms with Gasteiger partial charge in [0.15, 0.2) is 0 Å². The van der Waals surface area contributed by atoms with Gasteiger partial charge in [-0.2, -0.15) is 0 Å². The van der Waals surface area contributed by atoms with E-state index in [4.69, 9.17) is 16.0 Å². The molecule has 1 heterocycles. The first-order chi connectivity index (χ1) is 10.1. The molecule has 0 saturated heterocycles. The molecule has 2 aromatic carbocycles. The highest BCUT2D eigenvalue weighted by Crippen LogP contribution is 2.32. The van der Waals surface area contributed by atoms with Crippen molar-refractivity contribution in [2.45, 2.75) is 0 Å². The number of aromatic nitrogens is 2.